The van der Waals surface area contributed by atoms with Crippen LogP contribution in [0.1, 0.15) is 18.9 Å². The highest BCUT2D eigenvalue weighted by molar-refractivity contribution is 5.89. The maximum Gasteiger partial charge on any atom is 0.321 e. The molecule has 1 unspecified atom stereocenters. The quantitative estimate of drug-likeness (QED) is 0.777. The van der Waals surface area contributed by atoms with E-state index in [0.717, 1.165) is 0 Å². The second-order valence-electron chi connectivity index (χ2n) is 5.37. The van der Waals surface area contributed by atoms with Gasteiger partial charge in [-0.05, 0) is 31.0 Å². The average molecular weight is 278 g/mol. The molecular weight excluding hydrogens is 260 g/mol. The van der Waals surface area contributed by atoms with Gasteiger partial charge in [0.1, 0.15) is 0 Å². The van der Waals surface area contributed by atoms with E-state index in [0.29, 0.717) is 30.8 Å². The topological polar surface area (TPSA) is 89.9 Å². The van der Waals surface area contributed by atoms with Crippen LogP contribution in [0.5, 0.6) is 0 Å². The summed E-state index contributed by atoms with van der Waals surface area (Å²) in [4.78, 5) is 24.1. The lowest BCUT2D eigenvalue weighted by Crippen LogP contribution is -2.36. The second-order valence-corrected chi connectivity index (χ2v) is 5.37. The highest BCUT2D eigenvalue weighted by Crippen LogP contribution is 2.21. The Hall–Kier alpha value is -2.08. The molecule has 1 aliphatic rings. The van der Waals surface area contributed by atoms with Crippen LogP contribution in [0.2, 0.25) is 0 Å². The van der Waals surface area contributed by atoms with Crippen molar-refractivity contribution in [2.75, 3.05) is 18.4 Å². The smallest absolute Gasteiger partial charge is 0.321 e. The number of carbonyl (C=O) groups excluding carboxylic acids is 1. The van der Waals surface area contributed by atoms with Crippen molar-refractivity contribution in [2.24, 2.45) is 0 Å². The lowest BCUT2D eigenvalue weighted by atomic mass is 10.1. The summed E-state index contributed by atoms with van der Waals surface area (Å²) in [5.74, 6) is -0.888. The van der Waals surface area contributed by atoms with Crippen molar-refractivity contribution in [1.29, 1.82) is 0 Å². The molecule has 0 spiro atoms. The number of carboxylic acids is 1. The minimum atomic E-state index is -0.888. The molecule has 0 aliphatic carbocycles. The Labute approximate surface area is 117 Å². The molecule has 1 saturated heterocycles. The summed E-state index contributed by atoms with van der Waals surface area (Å²) < 4.78 is 0. The normalized spacial score (nSPS) is 21.8. The molecule has 1 fully saturated rings. The number of carbonyl (C=O) groups is 2. The molecule has 6 nitrogen and oxygen atoms in total. The molecule has 6 heteroatoms. The third kappa shape index (κ3) is 3.71. The molecule has 20 heavy (non-hydrogen) atoms. The molecule has 1 heterocycles. The predicted octanol–water partition coefficient (Wildman–Crippen LogP) is 1.30. The van der Waals surface area contributed by atoms with E-state index >= 15 is 0 Å². The fourth-order valence-electron chi connectivity index (χ4n) is 2.20. The number of likely N-dealkylation sites (tertiary alicyclic amines) is 1. The number of anilines is 1. The Bertz CT molecular complexity index is 510. The number of nitrogens with zero attached hydrogens (tertiary/aromatic N) is 1. The van der Waals surface area contributed by atoms with Gasteiger partial charge in [-0.2, -0.15) is 0 Å². The van der Waals surface area contributed by atoms with Gasteiger partial charge in [0.05, 0.1) is 18.6 Å². The maximum absolute atomic E-state index is 12.0. The van der Waals surface area contributed by atoms with Crippen molar-refractivity contribution in [3.63, 3.8) is 0 Å². The first-order chi connectivity index (χ1) is 9.35. The van der Waals surface area contributed by atoms with E-state index in [4.69, 9.17) is 5.11 Å². The lowest BCUT2D eigenvalue weighted by Gasteiger charge is -2.19. The zero-order valence-corrected chi connectivity index (χ0v) is 11.3. The number of hydrogen-bond donors (Lipinski definition) is 3. The van der Waals surface area contributed by atoms with Crippen LogP contribution >= 0.6 is 0 Å². The van der Waals surface area contributed by atoms with Gasteiger partial charge in [-0.3, -0.25) is 4.79 Å². The third-order valence-electron chi connectivity index (χ3n) is 3.30. The first-order valence-corrected chi connectivity index (χ1v) is 6.45. The van der Waals surface area contributed by atoms with E-state index in [1.165, 1.54) is 0 Å². The summed E-state index contributed by atoms with van der Waals surface area (Å²) >= 11 is 0. The van der Waals surface area contributed by atoms with Gasteiger partial charge < -0.3 is 20.4 Å². The number of hydrogen-bond acceptors (Lipinski definition) is 3. The standard InChI is InChI=1S/C14H18N2O4/c1-14(20)6-7-16(9-14)13(19)15-11-4-2-10(3-5-11)8-12(17)18/h2-5,20H,6-9H2,1H3,(H,15,19)(H,17,18). The predicted molar refractivity (Wildman–Crippen MR) is 73.6 cm³/mol. The molecule has 0 bridgehead atoms. The Kier molecular flexibility index (Phi) is 3.94. The first-order valence-electron chi connectivity index (χ1n) is 6.45. The van der Waals surface area contributed by atoms with Crippen LogP contribution < -0.4 is 5.32 Å². The van der Waals surface area contributed by atoms with Gasteiger partial charge in [0.15, 0.2) is 0 Å². The molecule has 0 aromatic heterocycles. The summed E-state index contributed by atoms with van der Waals surface area (Å²) in [5.41, 5.74) is 0.471. The van der Waals surface area contributed by atoms with Crippen LogP contribution in [0.15, 0.2) is 24.3 Å². The van der Waals surface area contributed by atoms with E-state index in [1.807, 2.05) is 0 Å². The van der Waals surface area contributed by atoms with Crippen LogP contribution in [-0.4, -0.2) is 45.8 Å². The maximum atomic E-state index is 12.0. The first kappa shape index (κ1) is 14.3. The van der Waals surface area contributed by atoms with Crippen molar-refractivity contribution in [1.82, 2.24) is 4.90 Å². The number of urea groups is 1. The van der Waals surface area contributed by atoms with Crippen LogP contribution in [-0.2, 0) is 11.2 Å². The van der Waals surface area contributed by atoms with Crippen LogP contribution in [0.4, 0.5) is 10.5 Å². The fourth-order valence-corrected chi connectivity index (χ4v) is 2.20. The molecule has 1 aliphatic heterocycles. The van der Waals surface area contributed by atoms with Crippen molar-refractivity contribution in [2.45, 2.75) is 25.4 Å². The molecule has 1 atom stereocenters. The van der Waals surface area contributed by atoms with Gasteiger partial charge in [-0.15, -0.1) is 0 Å². The minimum Gasteiger partial charge on any atom is -0.481 e. The lowest BCUT2D eigenvalue weighted by molar-refractivity contribution is -0.136. The van der Waals surface area contributed by atoms with Gasteiger partial charge in [-0.25, -0.2) is 4.79 Å². The molecule has 0 radical (unpaired) electrons. The SMILES string of the molecule is CC1(O)CCN(C(=O)Nc2ccc(CC(=O)O)cc2)C1. The zero-order chi connectivity index (χ0) is 14.8. The van der Waals surface area contributed by atoms with Gasteiger partial charge >= 0.3 is 12.0 Å². The number of amides is 2. The number of aliphatic hydroxyl groups is 1. The number of nitrogens with one attached hydrogen (secondary N) is 1. The number of aliphatic carboxylic acids is 1. The monoisotopic (exact) mass is 278 g/mol. The summed E-state index contributed by atoms with van der Waals surface area (Å²) in [5, 5.41) is 21.2. The molecular formula is C14H18N2O4. The number of rotatable bonds is 3. The Balaban J connectivity index is 1.93. The van der Waals surface area contributed by atoms with Crippen molar-refractivity contribution < 1.29 is 19.8 Å². The molecule has 2 amide bonds. The summed E-state index contributed by atoms with van der Waals surface area (Å²) in [6.07, 6.45) is 0.529. The Morgan fingerprint density at radius 1 is 1.35 bits per heavy atom. The molecule has 0 saturated carbocycles. The third-order valence-corrected chi connectivity index (χ3v) is 3.30. The Morgan fingerprint density at radius 3 is 2.50 bits per heavy atom. The van der Waals surface area contributed by atoms with Gasteiger partial charge in [0, 0.05) is 12.2 Å². The van der Waals surface area contributed by atoms with Crippen molar-refractivity contribution >= 4 is 17.7 Å². The molecule has 3 N–H and O–H groups in total. The van der Waals surface area contributed by atoms with E-state index in [9.17, 15) is 14.7 Å². The van der Waals surface area contributed by atoms with Crippen LogP contribution in [0.25, 0.3) is 0 Å². The van der Waals surface area contributed by atoms with Crippen LogP contribution in [0.3, 0.4) is 0 Å². The minimum absolute atomic E-state index is 0.0385. The molecule has 1 aromatic rings. The highest BCUT2D eigenvalue weighted by atomic mass is 16.4. The van der Waals surface area contributed by atoms with Crippen molar-refractivity contribution in [3.8, 4) is 0 Å². The summed E-state index contributed by atoms with van der Waals surface area (Å²) in [6.45, 7) is 2.55. The second kappa shape index (κ2) is 5.50. The number of benzene rings is 1. The van der Waals surface area contributed by atoms with E-state index in [1.54, 1.807) is 36.1 Å². The summed E-state index contributed by atoms with van der Waals surface area (Å²) in [6, 6.07) is 6.43. The molecule has 108 valence electrons. The van der Waals surface area contributed by atoms with Gasteiger partial charge in [-0.1, -0.05) is 12.1 Å². The zero-order valence-electron chi connectivity index (χ0n) is 11.3. The van der Waals surface area contributed by atoms with Crippen LogP contribution in [0, 0.1) is 0 Å². The largest absolute Gasteiger partial charge is 0.481 e. The number of β-amino-alcohol motifs (C(OH)–C–C–N with tert-alkyl or cyclic N) is 1. The highest BCUT2D eigenvalue weighted by Gasteiger charge is 2.33. The van der Waals surface area contributed by atoms with Gasteiger partial charge in [0.25, 0.3) is 0 Å². The van der Waals surface area contributed by atoms with Crippen molar-refractivity contribution in [3.05, 3.63) is 29.8 Å². The Morgan fingerprint density at radius 2 is 2.00 bits per heavy atom. The van der Waals surface area contributed by atoms with E-state index in [2.05, 4.69) is 5.32 Å². The van der Waals surface area contributed by atoms with Gasteiger partial charge in [0.2, 0.25) is 0 Å². The molecule has 2 rings (SSSR count). The summed E-state index contributed by atoms with van der Waals surface area (Å²) in [7, 11) is 0. The number of carboxylic acid groups (broad SMARTS) is 1. The van der Waals surface area contributed by atoms with E-state index in [-0.39, 0.29) is 12.5 Å². The van der Waals surface area contributed by atoms with E-state index < -0.39 is 11.6 Å². The molecule has 1 aromatic carbocycles. The average Bonchev–Trinajstić information content (AvgIpc) is 2.72. The fraction of sp³-hybridized carbons (Fsp3) is 0.429.